The highest BCUT2D eigenvalue weighted by atomic mass is 16.5. The lowest BCUT2D eigenvalue weighted by molar-refractivity contribution is -0.150. The molecule has 0 aromatic heterocycles. The molecule has 1 fully saturated rings. The predicted octanol–water partition coefficient (Wildman–Crippen LogP) is 0.773. The molecule has 1 aliphatic heterocycles. The molecule has 0 radical (unpaired) electrons. The fourth-order valence-electron chi connectivity index (χ4n) is 3.46. The summed E-state index contributed by atoms with van der Waals surface area (Å²) in [5.74, 6) is -2.23. The molecule has 8 nitrogen and oxygen atoms in total. The van der Waals surface area contributed by atoms with E-state index in [4.69, 9.17) is 4.74 Å². The third-order valence-corrected chi connectivity index (χ3v) is 5.16. The van der Waals surface area contributed by atoms with Crippen molar-refractivity contribution < 1.29 is 29.3 Å². The highest BCUT2D eigenvalue weighted by Gasteiger charge is 2.32. The Kier molecular flexibility index (Phi) is 9.50. The van der Waals surface area contributed by atoms with Gasteiger partial charge in [-0.05, 0) is 24.8 Å². The lowest BCUT2D eigenvalue weighted by atomic mass is 9.98. The van der Waals surface area contributed by atoms with Gasteiger partial charge >= 0.3 is 5.97 Å². The van der Waals surface area contributed by atoms with Crippen LogP contribution in [-0.2, 0) is 25.7 Å². The summed E-state index contributed by atoms with van der Waals surface area (Å²) in [6.45, 7) is 3.48. The Labute approximate surface area is 176 Å². The zero-order valence-corrected chi connectivity index (χ0v) is 17.0. The standard InChI is InChI=1S/C22H30N2O6/c1-2-7-17(12-20(27)24-11-6-10-18(24)13-25)21(28)23-19(14-26)22(29)30-15-16-8-4-3-5-9-16/h2-5,8-9,17-19,25-26H,1,6-7,10-15H2,(H,23,28)/t17-,18+,19-/m1/s1. The van der Waals surface area contributed by atoms with Gasteiger partial charge in [0.05, 0.1) is 25.2 Å². The van der Waals surface area contributed by atoms with Crippen molar-refractivity contribution in [1.29, 1.82) is 0 Å². The van der Waals surface area contributed by atoms with E-state index in [2.05, 4.69) is 11.9 Å². The van der Waals surface area contributed by atoms with E-state index in [0.29, 0.717) is 6.54 Å². The summed E-state index contributed by atoms with van der Waals surface area (Å²) in [5, 5.41) is 21.4. The number of carbonyl (C=O) groups excluding carboxylic acids is 3. The van der Waals surface area contributed by atoms with Crippen LogP contribution >= 0.6 is 0 Å². The summed E-state index contributed by atoms with van der Waals surface area (Å²) in [6.07, 6.45) is 3.26. The quantitative estimate of drug-likeness (QED) is 0.361. The number of benzene rings is 1. The lowest BCUT2D eigenvalue weighted by Gasteiger charge is -2.25. The van der Waals surface area contributed by atoms with Crippen LogP contribution in [0.3, 0.4) is 0 Å². The Morgan fingerprint density at radius 3 is 2.63 bits per heavy atom. The molecule has 0 aliphatic carbocycles. The van der Waals surface area contributed by atoms with E-state index >= 15 is 0 Å². The van der Waals surface area contributed by atoms with Gasteiger partial charge in [-0.15, -0.1) is 6.58 Å². The molecular formula is C22H30N2O6. The second-order valence-corrected chi connectivity index (χ2v) is 7.33. The van der Waals surface area contributed by atoms with Gasteiger partial charge in [-0.2, -0.15) is 0 Å². The Balaban J connectivity index is 1.93. The van der Waals surface area contributed by atoms with Crippen LogP contribution in [0.1, 0.15) is 31.2 Å². The molecule has 1 aliphatic rings. The summed E-state index contributed by atoms with van der Waals surface area (Å²) >= 11 is 0. The van der Waals surface area contributed by atoms with Gasteiger partial charge < -0.3 is 25.2 Å². The number of hydrogen-bond acceptors (Lipinski definition) is 6. The van der Waals surface area contributed by atoms with Gasteiger partial charge in [0.15, 0.2) is 6.04 Å². The molecular weight excluding hydrogens is 388 g/mol. The first kappa shape index (κ1) is 23.6. The SMILES string of the molecule is C=CC[C@H](CC(=O)N1CCC[C@H]1CO)C(=O)N[C@H](CO)C(=O)OCc1ccccc1. The number of nitrogens with one attached hydrogen (secondary N) is 1. The second-order valence-electron chi connectivity index (χ2n) is 7.33. The van der Waals surface area contributed by atoms with E-state index in [0.717, 1.165) is 18.4 Å². The fourth-order valence-corrected chi connectivity index (χ4v) is 3.46. The van der Waals surface area contributed by atoms with E-state index in [1.165, 1.54) is 6.08 Å². The molecule has 1 aromatic carbocycles. The second kappa shape index (κ2) is 12.1. The molecule has 0 saturated carbocycles. The van der Waals surface area contributed by atoms with Gasteiger partial charge in [-0.25, -0.2) is 4.79 Å². The monoisotopic (exact) mass is 418 g/mol. The number of nitrogens with zero attached hydrogens (tertiary/aromatic N) is 1. The Morgan fingerprint density at radius 1 is 1.27 bits per heavy atom. The van der Waals surface area contributed by atoms with Crippen molar-refractivity contribution in [2.75, 3.05) is 19.8 Å². The van der Waals surface area contributed by atoms with Crippen LogP contribution in [0, 0.1) is 5.92 Å². The minimum absolute atomic E-state index is 0.0259. The molecule has 2 amide bonds. The van der Waals surface area contributed by atoms with Crippen LogP contribution in [0.5, 0.6) is 0 Å². The van der Waals surface area contributed by atoms with Crippen LogP contribution in [0.15, 0.2) is 43.0 Å². The van der Waals surface area contributed by atoms with E-state index in [1.54, 1.807) is 17.0 Å². The molecule has 1 aromatic rings. The number of hydrogen-bond donors (Lipinski definition) is 3. The summed E-state index contributed by atoms with van der Waals surface area (Å²) in [5.41, 5.74) is 0.785. The molecule has 1 heterocycles. The molecule has 3 N–H and O–H groups in total. The molecule has 8 heteroatoms. The average molecular weight is 418 g/mol. The number of esters is 1. The normalized spacial score (nSPS) is 17.8. The third kappa shape index (κ3) is 6.67. The van der Waals surface area contributed by atoms with Crippen molar-refractivity contribution in [3.8, 4) is 0 Å². The Bertz CT molecular complexity index is 724. The Morgan fingerprint density at radius 2 is 2.00 bits per heavy atom. The topological polar surface area (TPSA) is 116 Å². The summed E-state index contributed by atoms with van der Waals surface area (Å²) in [7, 11) is 0. The molecule has 3 atom stereocenters. The van der Waals surface area contributed by atoms with Gasteiger partial charge in [0, 0.05) is 13.0 Å². The van der Waals surface area contributed by atoms with Crippen molar-refractivity contribution in [3.05, 3.63) is 48.6 Å². The molecule has 0 unspecified atom stereocenters. The van der Waals surface area contributed by atoms with E-state index < -0.39 is 30.4 Å². The number of allylic oxidation sites excluding steroid dienone is 1. The van der Waals surface area contributed by atoms with Gasteiger partial charge in [0.25, 0.3) is 0 Å². The number of ether oxygens (including phenoxy) is 1. The minimum atomic E-state index is -1.22. The van der Waals surface area contributed by atoms with Gasteiger partial charge in [-0.3, -0.25) is 9.59 Å². The van der Waals surface area contributed by atoms with Crippen molar-refractivity contribution in [3.63, 3.8) is 0 Å². The van der Waals surface area contributed by atoms with Crippen LogP contribution in [-0.4, -0.2) is 64.7 Å². The average Bonchev–Trinajstić information content (AvgIpc) is 3.25. The summed E-state index contributed by atoms with van der Waals surface area (Å²) in [4.78, 5) is 39.2. The van der Waals surface area contributed by atoms with Crippen molar-refractivity contribution in [2.24, 2.45) is 5.92 Å². The number of carbonyl (C=O) groups is 3. The first-order chi connectivity index (χ1) is 14.5. The largest absolute Gasteiger partial charge is 0.459 e. The maximum Gasteiger partial charge on any atom is 0.331 e. The fraction of sp³-hybridized carbons (Fsp3) is 0.500. The maximum absolute atomic E-state index is 12.7. The van der Waals surface area contributed by atoms with E-state index in [-0.39, 0.29) is 38.0 Å². The predicted molar refractivity (Wildman–Crippen MR) is 110 cm³/mol. The van der Waals surface area contributed by atoms with Gasteiger partial charge in [0.1, 0.15) is 6.61 Å². The molecule has 30 heavy (non-hydrogen) atoms. The van der Waals surface area contributed by atoms with Crippen LogP contribution in [0.4, 0.5) is 0 Å². The zero-order valence-electron chi connectivity index (χ0n) is 17.0. The third-order valence-electron chi connectivity index (χ3n) is 5.16. The van der Waals surface area contributed by atoms with Crippen LogP contribution < -0.4 is 5.32 Å². The Hall–Kier alpha value is -2.71. The summed E-state index contributed by atoms with van der Waals surface area (Å²) in [6, 6.07) is 7.62. The highest BCUT2D eigenvalue weighted by molar-refractivity contribution is 5.89. The van der Waals surface area contributed by atoms with Crippen molar-refractivity contribution in [2.45, 2.75) is 44.4 Å². The van der Waals surface area contributed by atoms with Gasteiger partial charge in [-0.1, -0.05) is 36.4 Å². The first-order valence-corrected chi connectivity index (χ1v) is 10.1. The number of likely N-dealkylation sites (tertiary alicyclic amines) is 1. The zero-order chi connectivity index (χ0) is 21.9. The maximum atomic E-state index is 12.7. The number of aliphatic hydroxyl groups is 2. The number of aliphatic hydroxyl groups excluding tert-OH is 2. The molecule has 2 rings (SSSR count). The van der Waals surface area contributed by atoms with Crippen molar-refractivity contribution in [1.82, 2.24) is 10.2 Å². The first-order valence-electron chi connectivity index (χ1n) is 10.1. The molecule has 164 valence electrons. The van der Waals surface area contributed by atoms with Crippen LogP contribution in [0.25, 0.3) is 0 Å². The summed E-state index contributed by atoms with van der Waals surface area (Å²) < 4.78 is 5.18. The minimum Gasteiger partial charge on any atom is -0.459 e. The van der Waals surface area contributed by atoms with E-state index in [9.17, 15) is 24.6 Å². The molecule has 0 bridgehead atoms. The van der Waals surface area contributed by atoms with Gasteiger partial charge in [0.2, 0.25) is 11.8 Å². The number of rotatable bonds is 11. The molecule has 0 spiro atoms. The number of amides is 2. The smallest absolute Gasteiger partial charge is 0.331 e. The lowest BCUT2D eigenvalue weighted by Crippen LogP contribution is -2.47. The molecule has 1 saturated heterocycles. The van der Waals surface area contributed by atoms with E-state index in [1.807, 2.05) is 18.2 Å². The highest BCUT2D eigenvalue weighted by Crippen LogP contribution is 2.21. The van der Waals surface area contributed by atoms with Crippen LogP contribution in [0.2, 0.25) is 0 Å². The van der Waals surface area contributed by atoms with Crippen molar-refractivity contribution >= 4 is 17.8 Å².